The second-order valence-electron chi connectivity index (χ2n) is 5.14. The van der Waals surface area contributed by atoms with Crippen LogP contribution in [0.5, 0.6) is 0 Å². The van der Waals surface area contributed by atoms with Crippen molar-refractivity contribution in [1.29, 1.82) is 0 Å². The third-order valence-electron chi connectivity index (χ3n) is 3.24. The van der Waals surface area contributed by atoms with Gasteiger partial charge in [0, 0.05) is 32.4 Å². The van der Waals surface area contributed by atoms with Crippen LogP contribution < -0.4 is 0 Å². The Labute approximate surface area is 126 Å². The minimum atomic E-state index is -4.36. The molecular weight excluding hydrogens is 295 g/mol. The van der Waals surface area contributed by atoms with Gasteiger partial charge in [-0.2, -0.15) is 18.3 Å². The normalized spacial score (nSPS) is 11.5. The summed E-state index contributed by atoms with van der Waals surface area (Å²) < 4.78 is 39.1. The lowest BCUT2D eigenvalue weighted by molar-refractivity contribution is -0.137. The predicted octanol–water partition coefficient (Wildman–Crippen LogP) is 2.64. The van der Waals surface area contributed by atoms with Crippen molar-refractivity contribution in [2.75, 3.05) is 7.05 Å². The number of aromatic nitrogens is 2. The summed E-state index contributed by atoms with van der Waals surface area (Å²) in [5, 5.41) is 4.02. The van der Waals surface area contributed by atoms with E-state index in [9.17, 15) is 18.0 Å². The zero-order valence-corrected chi connectivity index (χ0v) is 12.3. The summed E-state index contributed by atoms with van der Waals surface area (Å²) in [5.74, 6) is -0.163. The molecule has 118 valence electrons. The third kappa shape index (κ3) is 4.09. The van der Waals surface area contributed by atoms with E-state index in [1.165, 1.54) is 17.0 Å². The van der Waals surface area contributed by atoms with Crippen molar-refractivity contribution < 1.29 is 18.0 Å². The number of aryl methyl sites for hydroxylation is 1. The molecule has 0 atom stereocenters. The van der Waals surface area contributed by atoms with Crippen LogP contribution in [0.15, 0.2) is 36.7 Å². The Balaban J connectivity index is 1.96. The Morgan fingerprint density at radius 3 is 2.36 bits per heavy atom. The molecule has 0 saturated carbocycles. The number of alkyl halides is 3. The fourth-order valence-corrected chi connectivity index (χ4v) is 2.04. The molecule has 7 heteroatoms. The summed E-state index contributed by atoms with van der Waals surface area (Å²) in [6.45, 7) is 0.410. The Kier molecular flexibility index (Phi) is 4.54. The lowest BCUT2D eigenvalue weighted by atomic mass is 10.1. The van der Waals surface area contributed by atoms with Gasteiger partial charge in [0.05, 0.1) is 18.2 Å². The van der Waals surface area contributed by atoms with Gasteiger partial charge in [0.25, 0.3) is 0 Å². The van der Waals surface area contributed by atoms with Crippen molar-refractivity contribution >= 4 is 5.91 Å². The van der Waals surface area contributed by atoms with E-state index >= 15 is 0 Å². The molecule has 22 heavy (non-hydrogen) atoms. The lowest BCUT2D eigenvalue weighted by Crippen LogP contribution is -2.27. The highest BCUT2D eigenvalue weighted by Gasteiger charge is 2.30. The molecule has 0 spiro atoms. The van der Waals surface area contributed by atoms with Gasteiger partial charge in [-0.3, -0.25) is 9.48 Å². The summed E-state index contributed by atoms with van der Waals surface area (Å²) in [4.78, 5) is 13.6. The topological polar surface area (TPSA) is 38.1 Å². The van der Waals surface area contributed by atoms with E-state index in [1.807, 2.05) is 6.20 Å². The predicted molar refractivity (Wildman–Crippen MR) is 74.8 cm³/mol. The van der Waals surface area contributed by atoms with Gasteiger partial charge in [-0.15, -0.1) is 0 Å². The van der Waals surface area contributed by atoms with Crippen LogP contribution in [0.2, 0.25) is 0 Å². The number of likely N-dealkylation sites (N-methyl/N-ethyl adjacent to an activating group) is 1. The van der Waals surface area contributed by atoms with Crippen molar-refractivity contribution in [1.82, 2.24) is 14.7 Å². The Hall–Kier alpha value is -2.31. The molecule has 0 aliphatic rings. The second-order valence-corrected chi connectivity index (χ2v) is 5.14. The quantitative estimate of drug-likeness (QED) is 0.870. The molecule has 2 aromatic rings. The first kappa shape index (κ1) is 16.1. The molecule has 1 heterocycles. The summed E-state index contributed by atoms with van der Waals surface area (Å²) in [5.41, 5.74) is 0.731. The highest BCUT2D eigenvalue weighted by molar-refractivity contribution is 5.78. The maximum absolute atomic E-state index is 12.5. The fourth-order valence-electron chi connectivity index (χ4n) is 2.04. The SMILES string of the molecule is CN(Cc1cnn(C)c1)C(=O)Cc1ccc(C(F)(F)F)cc1. The van der Waals surface area contributed by atoms with Crippen LogP contribution >= 0.6 is 0 Å². The van der Waals surface area contributed by atoms with E-state index in [0.717, 1.165) is 17.7 Å². The molecule has 0 fully saturated rings. The van der Waals surface area contributed by atoms with Crippen LogP contribution in [-0.4, -0.2) is 27.6 Å². The van der Waals surface area contributed by atoms with Crippen molar-refractivity contribution in [2.24, 2.45) is 7.05 Å². The zero-order chi connectivity index (χ0) is 16.3. The molecule has 4 nitrogen and oxygen atoms in total. The van der Waals surface area contributed by atoms with Crippen molar-refractivity contribution in [2.45, 2.75) is 19.1 Å². The number of nitrogens with zero attached hydrogens (tertiary/aromatic N) is 3. The van der Waals surface area contributed by atoms with Gasteiger partial charge >= 0.3 is 6.18 Å². The van der Waals surface area contributed by atoms with E-state index in [1.54, 1.807) is 25.0 Å². The number of benzene rings is 1. The minimum absolute atomic E-state index is 0.0644. The molecule has 1 aromatic carbocycles. The van der Waals surface area contributed by atoms with Gasteiger partial charge in [-0.05, 0) is 17.7 Å². The van der Waals surface area contributed by atoms with Crippen LogP contribution in [-0.2, 0) is 31.0 Å². The number of hydrogen-bond donors (Lipinski definition) is 0. The van der Waals surface area contributed by atoms with Gasteiger partial charge in [-0.1, -0.05) is 12.1 Å². The zero-order valence-electron chi connectivity index (χ0n) is 12.3. The largest absolute Gasteiger partial charge is 0.416 e. The molecule has 0 aliphatic heterocycles. The van der Waals surface area contributed by atoms with Crippen molar-refractivity contribution in [3.8, 4) is 0 Å². The van der Waals surface area contributed by atoms with Crippen molar-refractivity contribution in [3.05, 3.63) is 53.3 Å². The molecule has 0 N–H and O–H groups in total. The molecule has 2 rings (SSSR count). The van der Waals surface area contributed by atoms with Crippen LogP contribution in [0, 0.1) is 0 Å². The van der Waals surface area contributed by atoms with Crippen molar-refractivity contribution in [3.63, 3.8) is 0 Å². The molecule has 1 amide bonds. The smallest absolute Gasteiger partial charge is 0.341 e. The van der Waals surface area contributed by atoms with Crippen LogP contribution in [0.3, 0.4) is 0 Å². The van der Waals surface area contributed by atoms with E-state index < -0.39 is 11.7 Å². The van der Waals surface area contributed by atoms with Crippen LogP contribution in [0.4, 0.5) is 13.2 Å². The van der Waals surface area contributed by atoms with Gasteiger partial charge in [0.15, 0.2) is 0 Å². The number of halogens is 3. The van der Waals surface area contributed by atoms with Crippen LogP contribution in [0.1, 0.15) is 16.7 Å². The molecule has 1 aromatic heterocycles. The maximum Gasteiger partial charge on any atom is 0.416 e. The Bertz CT molecular complexity index is 647. The molecule has 0 radical (unpaired) electrons. The summed E-state index contributed by atoms with van der Waals surface area (Å²) in [6, 6.07) is 4.64. The fraction of sp³-hybridized carbons (Fsp3) is 0.333. The van der Waals surface area contributed by atoms with E-state index in [2.05, 4.69) is 5.10 Å². The third-order valence-corrected chi connectivity index (χ3v) is 3.24. The monoisotopic (exact) mass is 311 g/mol. The number of hydrogen-bond acceptors (Lipinski definition) is 2. The average Bonchev–Trinajstić information content (AvgIpc) is 2.83. The van der Waals surface area contributed by atoms with Gasteiger partial charge < -0.3 is 4.90 Å². The number of carbonyl (C=O) groups excluding carboxylic acids is 1. The standard InChI is InChI=1S/C15H16F3N3O/c1-20(9-12-8-19-21(2)10-12)14(22)7-11-3-5-13(6-4-11)15(16,17)18/h3-6,8,10H,7,9H2,1-2H3. The molecule has 0 aliphatic carbocycles. The summed E-state index contributed by atoms with van der Waals surface area (Å²) in [6.07, 6.45) is -0.821. The second kappa shape index (κ2) is 6.21. The van der Waals surface area contributed by atoms with Gasteiger partial charge in [-0.25, -0.2) is 0 Å². The number of carbonyl (C=O) groups is 1. The molecule has 0 unspecified atom stereocenters. The minimum Gasteiger partial charge on any atom is -0.341 e. The average molecular weight is 311 g/mol. The Morgan fingerprint density at radius 2 is 1.86 bits per heavy atom. The molecule has 0 saturated heterocycles. The summed E-state index contributed by atoms with van der Waals surface area (Å²) >= 11 is 0. The number of rotatable bonds is 4. The summed E-state index contributed by atoms with van der Waals surface area (Å²) in [7, 11) is 3.44. The van der Waals surface area contributed by atoms with E-state index in [0.29, 0.717) is 12.1 Å². The highest BCUT2D eigenvalue weighted by Crippen LogP contribution is 2.29. The number of amides is 1. The van der Waals surface area contributed by atoms with Crippen LogP contribution in [0.25, 0.3) is 0 Å². The first-order valence-corrected chi connectivity index (χ1v) is 6.63. The molecule has 0 bridgehead atoms. The van der Waals surface area contributed by atoms with E-state index in [4.69, 9.17) is 0 Å². The first-order chi connectivity index (χ1) is 10.3. The highest BCUT2D eigenvalue weighted by atomic mass is 19.4. The maximum atomic E-state index is 12.5. The first-order valence-electron chi connectivity index (χ1n) is 6.63. The molecular formula is C15H16F3N3O. The Morgan fingerprint density at radius 1 is 1.23 bits per heavy atom. The van der Waals surface area contributed by atoms with Gasteiger partial charge in [0.1, 0.15) is 0 Å². The van der Waals surface area contributed by atoms with E-state index in [-0.39, 0.29) is 12.3 Å². The lowest BCUT2D eigenvalue weighted by Gasteiger charge is -2.16. The van der Waals surface area contributed by atoms with Gasteiger partial charge in [0.2, 0.25) is 5.91 Å².